The standard InChI is InChI=1S/C23H24BrN3O5S/c1-5-27-21(15-11-16(30-3)13-17(12-15)31-4)25-26-23(27)33-20(22(28)29)10-14-7-8-19(32-6-2)18(24)9-14/h7-13H,5-6H2,1-4H3,(H,28,29)/b20-10-. The minimum atomic E-state index is -1.06. The van der Waals surface area contributed by atoms with E-state index in [-0.39, 0.29) is 4.91 Å². The molecule has 0 bridgehead atoms. The summed E-state index contributed by atoms with van der Waals surface area (Å²) in [5.74, 6) is 1.47. The van der Waals surface area contributed by atoms with Crippen molar-refractivity contribution in [1.82, 2.24) is 14.8 Å². The van der Waals surface area contributed by atoms with Gasteiger partial charge in [-0.1, -0.05) is 6.07 Å². The first-order chi connectivity index (χ1) is 15.9. The topological polar surface area (TPSA) is 95.7 Å². The minimum Gasteiger partial charge on any atom is -0.497 e. The molecule has 1 heterocycles. The summed E-state index contributed by atoms with van der Waals surface area (Å²) in [6.45, 7) is 4.94. The number of methoxy groups -OCH3 is 2. The van der Waals surface area contributed by atoms with Crippen molar-refractivity contribution >= 4 is 39.7 Å². The SMILES string of the molecule is CCOc1ccc(/C=C(\Sc2nnc(-c3cc(OC)cc(OC)c3)n2CC)C(=O)O)cc1Br. The lowest BCUT2D eigenvalue weighted by molar-refractivity contribution is -0.131. The van der Waals surface area contributed by atoms with E-state index < -0.39 is 5.97 Å². The highest BCUT2D eigenvalue weighted by Crippen LogP contribution is 2.34. The molecule has 0 saturated heterocycles. The summed E-state index contributed by atoms with van der Waals surface area (Å²) in [5.41, 5.74) is 1.47. The number of aromatic nitrogens is 3. The van der Waals surface area contributed by atoms with Crippen molar-refractivity contribution in [3.63, 3.8) is 0 Å². The fourth-order valence-corrected chi connectivity index (χ4v) is 4.46. The van der Waals surface area contributed by atoms with Gasteiger partial charge in [0.2, 0.25) is 0 Å². The van der Waals surface area contributed by atoms with Crippen molar-refractivity contribution in [2.24, 2.45) is 0 Å². The second kappa shape index (κ2) is 11.2. The number of hydrogen-bond donors (Lipinski definition) is 1. The lowest BCUT2D eigenvalue weighted by atomic mass is 10.2. The number of aliphatic carboxylic acids is 1. The Bertz CT molecular complexity index is 1160. The highest BCUT2D eigenvalue weighted by molar-refractivity contribution is 9.10. The van der Waals surface area contributed by atoms with Crippen molar-refractivity contribution in [3.8, 4) is 28.6 Å². The predicted octanol–water partition coefficient (Wildman–Crippen LogP) is 5.36. The lowest BCUT2D eigenvalue weighted by Crippen LogP contribution is -2.03. The lowest BCUT2D eigenvalue weighted by Gasteiger charge is -2.10. The Labute approximate surface area is 204 Å². The molecule has 0 radical (unpaired) electrons. The summed E-state index contributed by atoms with van der Waals surface area (Å²) < 4.78 is 18.8. The molecule has 3 aromatic rings. The zero-order chi connectivity index (χ0) is 24.0. The number of benzene rings is 2. The van der Waals surface area contributed by atoms with Crippen LogP contribution in [0.4, 0.5) is 0 Å². The molecule has 0 spiro atoms. The molecule has 1 N–H and O–H groups in total. The molecule has 10 heteroatoms. The number of thioether (sulfide) groups is 1. The first-order valence-electron chi connectivity index (χ1n) is 10.1. The largest absolute Gasteiger partial charge is 0.497 e. The van der Waals surface area contributed by atoms with E-state index in [9.17, 15) is 9.90 Å². The molecule has 174 valence electrons. The third kappa shape index (κ3) is 5.88. The number of ether oxygens (including phenoxy) is 3. The van der Waals surface area contributed by atoms with Crippen LogP contribution in [0.1, 0.15) is 19.4 Å². The monoisotopic (exact) mass is 533 g/mol. The molecule has 8 nitrogen and oxygen atoms in total. The summed E-state index contributed by atoms with van der Waals surface area (Å²) in [6.07, 6.45) is 1.59. The number of nitrogens with zero attached hydrogens (tertiary/aromatic N) is 3. The van der Waals surface area contributed by atoms with Crippen molar-refractivity contribution in [2.45, 2.75) is 25.5 Å². The van der Waals surface area contributed by atoms with Crippen LogP contribution in [-0.4, -0.2) is 46.7 Å². The van der Waals surface area contributed by atoms with Crippen LogP contribution >= 0.6 is 27.7 Å². The van der Waals surface area contributed by atoms with Crippen molar-refractivity contribution in [3.05, 3.63) is 51.3 Å². The van der Waals surface area contributed by atoms with Gasteiger partial charge in [-0.2, -0.15) is 0 Å². The molecule has 2 aromatic carbocycles. The van der Waals surface area contributed by atoms with Crippen LogP contribution in [0.25, 0.3) is 17.5 Å². The van der Waals surface area contributed by atoms with Gasteiger partial charge in [0, 0.05) is 18.2 Å². The second-order valence-corrected chi connectivity index (χ2v) is 8.55. The van der Waals surface area contributed by atoms with Crippen LogP contribution in [-0.2, 0) is 11.3 Å². The van der Waals surface area contributed by atoms with Gasteiger partial charge in [0.25, 0.3) is 0 Å². The molecular weight excluding hydrogens is 510 g/mol. The van der Waals surface area contributed by atoms with Gasteiger partial charge in [-0.15, -0.1) is 10.2 Å². The van der Waals surface area contributed by atoms with E-state index in [2.05, 4.69) is 26.1 Å². The van der Waals surface area contributed by atoms with Crippen molar-refractivity contribution in [1.29, 1.82) is 0 Å². The Hall–Kier alpha value is -2.98. The van der Waals surface area contributed by atoms with Gasteiger partial charge in [-0.05, 0) is 77.4 Å². The van der Waals surface area contributed by atoms with E-state index in [1.54, 1.807) is 38.5 Å². The third-order valence-corrected chi connectivity index (χ3v) is 6.22. The third-order valence-electron chi connectivity index (χ3n) is 4.61. The molecule has 0 aliphatic rings. The van der Waals surface area contributed by atoms with Crippen LogP contribution in [0, 0.1) is 0 Å². The van der Waals surface area contributed by atoms with Gasteiger partial charge in [-0.25, -0.2) is 4.79 Å². The number of carboxylic acid groups (broad SMARTS) is 1. The van der Waals surface area contributed by atoms with E-state index in [1.807, 2.05) is 36.6 Å². The molecule has 0 aliphatic carbocycles. The molecule has 0 saturated carbocycles. The maximum atomic E-state index is 12.0. The maximum absolute atomic E-state index is 12.0. The summed E-state index contributed by atoms with van der Waals surface area (Å²) in [7, 11) is 3.15. The van der Waals surface area contributed by atoms with Gasteiger partial charge in [-0.3, -0.25) is 0 Å². The number of carboxylic acids is 1. The van der Waals surface area contributed by atoms with Gasteiger partial charge in [0.15, 0.2) is 11.0 Å². The summed E-state index contributed by atoms with van der Waals surface area (Å²) >= 11 is 4.50. The summed E-state index contributed by atoms with van der Waals surface area (Å²) in [5, 5.41) is 18.8. The first kappa shape index (κ1) is 24.7. The average molecular weight is 534 g/mol. The fourth-order valence-electron chi connectivity index (χ4n) is 3.06. The number of halogens is 1. The Morgan fingerprint density at radius 2 is 1.82 bits per heavy atom. The molecule has 0 atom stereocenters. The van der Waals surface area contributed by atoms with Crippen molar-refractivity contribution < 1.29 is 24.1 Å². The van der Waals surface area contributed by atoms with E-state index in [1.165, 1.54) is 0 Å². The molecule has 3 rings (SSSR count). The van der Waals surface area contributed by atoms with Gasteiger partial charge < -0.3 is 23.9 Å². The van der Waals surface area contributed by atoms with Crippen LogP contribution in [0.15, 0.2) is 50.9 Å². The predicted molar refractivity (Wildman–Crippen MR) is 131 cm³/mol. The zero-order valence-electron chi connectivity index (χ0n) is 18.7. The van der Waals surface area contributed by atoms with Crippen molar-refractivity contribution in [2.75, 3.05) is 20.8 Å². The molecule has 0 fully saturated rings. The molecule has 0 aliphatic heterocycles. The second-order valence-electron chi connectivity index (χ2n) is 6.69. The van der Waals surface area contributed by atoms with Crippen LogP contribution in [0.3, 0.4) is 0 Å². The van der Waals surface area contributed by atoms with Gasteiger partial charge in [0.05, 0.1) is 25.3 Å². The Balaban J connectivity index is 1.96. The van der Waals surface area contributed by atoms with E-state index in [0.717, 1.165) is 27.4 Å². The smallest absolute Gasteiger partial charge is 0.342 e. The molecule has 0 unspecified atom stereocenters. The molecule has 0 amide bonds. The van der Waals surface area contributed by atoms with Crippen LogP contribution < -0.4 is 14.2 Å². The Kier molecular flexibility index (Phi) is 8.40. The fraction of sp³-hybridized carbons (Fsp3) is 0.261. The number of hydrogen-bond acceptors (Lipinski definition) is 7. The van der Waals surface area contributed by atoms with Gasteiger partial charge in [0.1, 0.15) is 22.2 Å². The van der Waals surface area contributed by atoms with E-state index in [0.29, 0.717) is 41.4 Å². The summed E-state index contributed by atoms with van der Waals surface area (Å²) in [6, 6.07) is 10.8. The first-order valence-corrected chi connectivity index (χ1v) is 11.7. The van der Waals surface area contributed by atoms with E-state index >= 15 is 0 Å². The minimum absolute atomic E-state index is 0.114. The van der Waals surface area contributed by atoms with Crippen LogP contribution in [0.2, 0.25) is 0 Å². The maximum Gasteiger partial charge on any atom is 0.342 e. The quantitative estimate of drug-likeness (QED) is 0.274. The Morgan fingerprint density at radius 1 is 1.12 bits per heavy atom. The average Bonchev–Trinajstić information content (AvgIpc) is 3.22. The molecule has 33 heavy (non-hydrogen) atoms. The molecular formula is C23H24BrN3O5S. The molecule has 1 aromatic heterocycles. The number of rotatable bonds is 10. The highest BCUT2D eigenvalue weighted by atomic mass is 79.9. The van der Waals surface area contributed by atoms with Gasteiger partial charge >= 0.3 is 5.97 Å². The highest BCUT2D eigenvalue weighted by Gasteiger charge is 2.19. The zero-order valence-corrected chi connectivity index (χ0v) is 21.1. The summed E-state index contributed by atoms with van der Waals surface area (Å²) in [4.78, 5) is 12.1. The Morgan fingerprint density at radius 3 is 2.36 bits per heavy atom. The van der Waals surface area contributed by atoms with Crippen LogP contribution in [0.5, 0.6) is 17.2 Å². The van der Waals surface area contributed by atoms with E-state index in [4.69, 9.17) is 14.2 Å². The number of carbonyl (C=O) groups is 1. The normalized spacial score (nSPS) is 11.4.